The van der Waals surface area contributed by atoms with Gasteiger partial charge in [-0.25, -0.2) is 0 Å². The van der Waals surface area contributed by atoms with Crippen molar-refractivity contribution >= 4 is 12.4 Å². The molecule has 1 saturated heterocycles. The van der Waals surface area contributed by atoms with Crippen molar-refractivity contribution in [3.05, 3.63) is 29.8 Å². The molecule has 0 saturated carbocycles. The predicted molar refractivity (Wildman–Crippen MR) is 82.2 cm³/mol. The van der Waals surface area contributed by atoms with E-state index in [0.29, 0.717) is 6.04 Å². The number of rotatable bonds is 5. The molecule has 1 aliphatic heterocycles. The maximum absolute atomic E-state index is 5.68. The third kappa shape index (κ3) is 5.39. The Morgan fingerprint density at radius 1 is 1.42 bits per heavy atom. The van der Waals surface area contributed by atoms with E-state index in [0.717, 1.165) is 45.0 Å². The SMILES string of the molecule is CCCOc1cccc(CN2CCNC(C)C2)c1.Cl. The van der Waals surface area contributed by atoms with Crippen molar-refractivity contribution in [3.8, 4) is 5.75 Å². The third-order valence-electron chi connectivity index (χ3n) is 3.23. The fourth-order valence-corrected chi connectivity index (χ4v) is 2.37. The summed E-state index contributed by atoms with van der Waals surface area (Å²) in [7, 11) is 0. The molecule has 19 heavy (non-hydrogen) atoms. The largest absolute Gasteiger partial charge is 0.494 e. The first kappa shape index (κ1) is 16.3. The smallest absolute Gasteiger partial charge is 0.119 e. The highest BCUT2D eigenvalue weighted by Gasteiger charge is 2.15. The van der Waals surface area contributed by atoms with Crippen LogP contribution in [0.4, 0.5) is 0 Å². The number of nitrogens with one attached hydrogen (secondary N) is 1. The summed E-state index contributed by atoms with van der Waals surface area (Å²) in [6, 6.07) is 9.08. The van der Waals surface area contributed by atoms with Gasteiger partial charge in [0.15, 0.2) is 0 Å². The van der Waals surface area contributed by atoms with Gasteiger partial charge >= 0.3 is 0 Å². The fourth-order valence-electron chi connectivity index (χ4n) is 2.37. The zero-order valence-corrected chi connectivity index (χ0v) is 12.7. The molecule has 1 aromatic rings. The number of hydrogen-bond donors (Lipinski definition) is 1. The van der Waals surface area contributed by atoms with Gasteiger partial charge in [0.25, 0.3) is 0 Å². The zero-order valence-electron chi connectivity index (χ0n) is 11.9. The third-order valence-corrected chi connectivity index (χ3v) is 3.23. The van der Waals surface area contributed by atoms with Crippen molar-refractivity contribution in [2.45, 2.75) is 32.9 Å². The topological polar surface area (TPSA) is 24.5 Å². The van der Waals surface area contributed by atoms with Crippen molar-refractivity contribution in [3.63, 3.8) is 0 Å². The van der Waals surface area contributed by atoms with Crippen molar-refractivity contribution in [1.82, 2.24) is 10.2 Å². The summed E-state index contributed by atoms with van der Waals surface area (Å²) in [5.41, 5.74) is 1.35. The van der Waals surface area contributed by atoms with Gasteiger partial charge in [0.2, 0.25) is 0 Å². The van der Waals surface area contributed by atoms with Crippen LogP contribution in [-0.4, -0.2) is 37.2 Å². The lowest BCUT2D eigenvalue weighted by Gasteiger charge is -2.31. The number of nitrogens with zero attached hydrogens (tertiary/aromatic N) is 1. The summed E-state index contributed by atoms with van der Waals surface area (Å²) < 4.78 is 5.68. The van der Waals surface area contributed by atoms with Crippen LogP contribution in [0.5, 0.6) is 5.75 Å². The molecule has 0 aromatic heterocycles. The molecular formula is C15H25ClN2O. The van der Waals surface area contributed by atoms with Gasteiger partial charge in [0, 0.05) is 32.2 Å². The molecule has 1 N–H and O–H groups in total. The Morgan fingerprint density at radius 2 is 2.26 bits per heavy atom. The molecule has 0 spiro atoms. The van der Waals surface area contributed by atoms with Crippen LogP contribution < -0.4 is 10.1 Å². The van der Waals surface area contributed by atoms with E-state index < -0.39 is 0 Å². The molecule has 1 aromatic carbocycles. The number of hydrogen-bond acceptors (Lipinski definition) is 3. The summed E-state index contributed by atoms with van der Waals surface area (Å²) in [5, 5.41) is 3.47. The second-order valence-electron chi connectivity index (χ2n) is 5.09. The van der Waals surface area contributed by atoms with Gasteiger partial charge in [-0.3, -0.25) is 4.90 Å². The monoisotopic (exact) mass is 284 g/mol. The van der Waals surface area contributed by atoms with E-state index in [1.54, 1.807) is 0 Å². The van der Waals surface area contributed by atoms with Gasteiger partial charge in [-0.05, 0) is 31.0 Å². The molecular weight excluding hydrogens is 260 g/mol. The molecule has 0 bridgehead atoms. The minimum absolute atomic E-state index is 0. The molecule has 0 radical (unpaired) electrons. The molecule has 1 aliphatic rings. The second kappa shape index (κ2) is 8.41. The van der Waals surface area contributed by atoms with E-state index in [4.69, 9.17) is 4.74 Å². The molecule has 1 unspecified atom stereocenters. The lowest BCUT2D eigenvalue weighted by atomic mass is 10.1. The fraction of sp³-hybridized carbons (Fsp3) is 0.600. The standard InChI is InChI=1S/C15H24N2O.ClH/c1-3-9-18-15-6-4-5-14(10-15)12-17-8-7-16-13(2)11-17;/h4-6,10,13,16H,3,7-9,11-12H2,1-2H3;1H. The summed E-state index contributed by atoms with van der Waals surface area (Å²) in [4.78, 5) is 2.50. The van der Waals surface area contributed by atoms with Crippen molar-refractivity contribution < 1.29 is 4.74 Å². The Labute approximate surface area is 122 Å². The Bertz CT molecular complexity index is 373. The minimum atomic E-state index is 0. The van der Waals surface area contributed by atoms with Crippen LogP contribution in [0.2, 0.25) is 0 Å². The first-order chi connectivity index (χ1) is 8.78. The Kier molecular flexibility index (Phi) is 7.21. The molecule has 1 heterocycles. The van der Waals surface area contributed by atoms with E-state index in [2.05, 4.69) is 42.3 Å². The number of halogens is 1. The van der Waals surface area contributed by atoms with Gasteiger partial charge in [0.1, 0.15) is 5.75 Å². The first-order valence-electron chi connectivity index (χ1n) is 6.95. The highest BCUT2D eigenvalue weighted by atomic mass is 35.5. The van der Waals surface area contributed by atoms with Crippen LogP contribution in [0.15, 0.2) is 24.3 Å². The Balaban J connectivity index is 0.00000180. The molecule has 1 atom stereocenters. The average Bonchev–Trinajstić information content (AvgIpc) is 2.37. The highest BCUT2D eigenvalue weighted by Crippen LogP contribution is 2.16. The van der Waals surface area contributed by atoms with Crippen molar-refractivity contribution in [1.29, 1.82) is 0 Å². The predicted octanol–water partition coefficient (Wildman–Crippen LogP) is 2.69. The molecule has 2 rings (SSSR count). The highest BCUT2D eigenvalue weighted by molar-refractivity contribution is 5.85. The Morgan fingerprint density at radius 3 is 3.00 bits per heavy atom. The summed E-state index contributed by atoms with van der Waals surface area (Å²) in [6.45, 7) is 9.54. The summed E-state index contributed by atoms with van der Waals surface area (Å²) >= 11 is 0. The van der Waals surface area contributed by atoms with E-state index in [1.807, 2.05) is 6.07 Å². The number of benzene rings is 1. The van der Waals surface area contributed by atoms with Crippen LogP contribution >= 0.6 is 12.4 Å². The maximum Gasteiger partial charge on any atom is 0.119 e. The van der Waals surface area contributed by atoms with Gasteiger partial charge in [-0.2, -0.15) is 0 Å². The molecule has 108 valence electrons. The van der Waals surface area contributed by atoms with Gasteiger partial charge in [-0.15, -0.1) is 12.4 Å². The molecule has 4 heteroatoms. The van der Waals surface area contributed by atoms with Crippen LogP contribution in [0.25, 0.3) is 0 Å². The van der Waals surface area contributed by atoms with Crippen molar-refractivity contribution in [2.75, 3.05) is 26.2 Å². The number of ether oxygens (including phenoxy) is 1. The first-order valence-corrected chi connectivity index (χ1v) is 6.95. The van der Waals surface area contributed by atoms with Gasteiger partial charge in [0.05, 0.1) is 6.61 Å². The lowest BCUT2D eigenvalue weighted by Crippen LogP contribution is -2.48. The summed E-state index contributed by atoms with van der Waals surface area (Å²) in [5.74, 6) is 0.998. The van der Waals surface area contributed by atoms with Crippen molar-refractivity contribution in [2.24, 2.45) is 0 Å². The van der Waals surface area contributed by atoms with Crippen LogP contribution in [0, 0.1) is 0 Å². The number of piperazine rings is 1. The average molecular weight is 285 g/mol. The zero-order chi connectivity index (χ0) is 12.8. The Hall–Kier alpha value is -0.770. The second-order valence-corrected chi connectivity index (χ2v) is 5.09. The van der Waals surface area contributed by atoms with Crippen LogP contribution in [0.1, 0.15) is 25.8 Å². The van der Waals surface area contributed by atoms with E-state index in [9.17, 15) is 0 Å². The van der Waals surface area contributed by atoms with Gasteiger partial charge in [-0.1, -0.05) is 19.1 Å². The van der Waals surface area contributed by atoms with Gasteiger partial charge < -0.3 is 10.1 Å². The maximum atomic E-state index is 5.68. The molecule has 0 amide bonds. The lowest BCUT2D eigenvalue weighted by molar-refractivity contribution is 0.199. The molecule has 0 aliphatic carbocycles. The summed E-state index contributed by atoms with van der Waals surface area (Å²) in [6.07, 6.45) is 1.06. The van der Waals surface area contributed by atoms with E-state index in [1.165, 1.54) is 5.56 Å². The quantitative estimate of drug-likeness (QED) is 0.900. The van der Waals surface area contributed by atoms with Crippen LogP contribution in [0.3, 0.4) is 0 Å². The normalized spacial score (nSPS) is 19.8. The molecule has 1 fully saturated rings. The van der Waals surface area contributed by atoms with E-state index >= 15 is 0 Å². The molecule has 3 nitrogen and oxygen atoms in total. The van der Waals surface area contributed by atoms with Crippen LogP contribution in [-0.2, 0) is 6.54 Å². The van der Waals surface area contributed by atoms with E-state index in [-0.39, 0.29) is 12.4 Å². The minimum Gasteiger partial charge on any atom is -0.494 e.